The van der Waals surface area contributed by atoms with Crippen molar-refractivity contribution in [1.29, 1.82) is 0 Å². The quantitative estimate of drug-likeness (QED) is 0.645. The minimum Gasteiger partial charge on any atom is -0.370 e. The molecule has 0 aliphatic carbocycles. The normalized spacial score (nSPS) is 15.7. The zero-order valence-electron chi connectivity index (χ0n) is 17.1. The van der Waals surface area contributed by atoms with Gasteiger partial charge in [0.15, 0.2) is 11.2 Å². The second-order valence-electron chi connectivity index (χ2n) is 7.69. The number of fused-ring (bicyclic) bond motifs is 1. The lowest BCUT2D eigenvalue weighted by Gasteiger charge is -2.23. The highest BCUT2D eigenvalue weighted by Gasteiger charge is 2.16. The SMILES string of the molecule is Cn1c(=O)c2c(ncn2CCCN2CCCN(c3ccccc3)CC2)n(C)c1=O. The van der Waals surface area contributed by atoms with Gasteiger partial charge >= 0.3 is 5.69 Å². The molecule has 1 saturated heterocycles. The van der Waals surface area contributed by atoms with Crippen LogP contribution in [-0.2, 0) is 20.6 Å². The van der Waals surface area contributed by atoms with Gasteiger partial charge in [-0.15, -0.1) is 0 Å². The zero-order valence-corrected chi connectivity index (χ0v) is 17.1. The van der Waals surface area contributed by atoms with E-state index >= 15 is 0 Å². The van der Waals surface area contributed by atoms with Crippen LogP contribution >= 0.6 is 0 Å². The first-order valence-electron chi connectivity index (χ1n) is 10.2. The summed E-state index contributed by atoms with van der Waals surface area (Å²) >= 11 is 0. The van der Waals surface area contributed by atoms with E-state index in [1.54, 1.807) is 13.4 Å². The number of rotatable bonds is 5. The summed E-state index contributed by atoms with van der Waals surface area (Å²) in [5.41, 5.74) is 1.61. The molecule has 0 bridgehead atoms. The lowest BCUT2D eigenvalue weighted by molar-refractivity contribution is 0.284. The van der Waals surface area contributed by atoms with Crippen molar-refractivity contribution in [1.82, 2.24) is 23.6 Å². The lowest BCUT2D eigenvalue weighted by Crippen LogP contribution is -2.37. The minimum atomic E-state index is -0.347. The number of imidazole rings is 1. The van der Waals surface area contributed by atoms with Crippen LogP contribution in [-0.4, -0.2) is 56.3 Å². The maximum Gasteiger partial charge on any atom is 0.332 e. The third-order valence-electron chi connectivity index (χ3n) is 5.80. The van der Waals surface area contributed by atoms with Crippen LogP contribution in [0.4, 0.5) is 5.69 Å². The Balaban J connectivity index is 1.39. The van der Waals surface area contributed by atoms with Crippen LogP contribution in [0.1, 0.15) is 12.8 Å². The number of hydrogen-bond acceptors (Lipinski definition) is 5. The molecule has 0 N–H and O–H groups in total. The van der Waals surface area contributed by atoms with Gasteiger partial charge in [0.25, 0.3) is 5.56 Å². The van der Waals surface area contributed by atoms with E-state index in [4.69, 9.17) is 0 Å². The molecule has 154 valence electrons. The van der Waals surface area contributed by atoms with Crippen molar-refractivity contribution >= 4 is 16.9 Å². The summed E-state index contributed by atoms with van der Waals surface area (Å²) in [4.78, 5) is 33.8. The van der Waals surface area contributed by atoms with Crippen LogP contribution in [0.2, 0.25) is 0 Å². The maximum absolute atomic E-state index is 12.5. The summed E-state index contributed by atoms with van der Waals surface area (Å²) in [5, 5.41) is 0. The standard InChI is InChI=1S/C21H28N6O2/c1-23-19-18(20(28)24(2)21(23)29)27(16-22-19)13-7-11-25-10-6-12-26(15-14-25)17-8-4-3-5-9-17/h3-5,8-9,16H,6-7,10-15H2,1-2H3. The number of benzene rings is 1. The Morgan fingerprint density at radius 2 is 1.72 bits per heavy atom. The number of anilines is 1. The summed E-state index contributed by atoms with van der Waals surface area (Å²) in [6, 6.07) is 10.6. The van der Waals surface area contributed by atoms with Gasteiger partial charge in [0, 0.05) is 46.0 Å². The van der Waals surface area contributed by atoms with E-state index in [1.807, 2.05) is 4.57 Å². The monoisotopic (exact) mass is 396 g/mol. The molecule has 1 fully saturated rings. The Hall–Kier alpha value is -2.87. The third-order valence-corrected chi connectivity index (χ3v) is 5.80. The van der Waals surface area contributed by atoms with E-state index in [0.29, 0.717) is 17.7 Å². The molecule has 3 aromatic rings. The van der Waals surface area contributed by atoms with Gasteiger partial charge in [-0.2, -0.15) is 0 Å². The molecule has 29 heavy (non-hydrogen) atoms. The Morgan fingerprint density at radius 3 is 2.52 bits per heavy atom. The minimum absolute atomic E-state index is 0.283. The fraction of sp³-hybridized carbons (Fsp3) is 0.476. The Kier molecular flexibility index (Phi) is 5.53. The first kappa shape index (κ1) is 19.4. The second kappa shape index (κ2) is 8.24. The van der Waals surface area contributed by atoms with Crippen LogP contribution < -0.4 is 16.1 Å². The van der Waals surface area contributed by atoms with E-state index < -0.39 is 0 Å². The Morgan fingerprint density at radius 1 is 0.931 bits per heavy atom. The molecule has 2 aromatic heterocycles. The summed E-state index contributed by atoms with van der Waals surface area (Å²) in [6.07, 6.45) is 3.75. The molecule has 0 radical (unpaired) electrons. The highest BCUT2D eigenvalue weighted by atomic mass is 16.2. The van der Waals surface area contributed by atoms with E-state index in [2.05, 4.69) is 45.1 Å². The molecule has 0 atom stereocenters. The number of aryl methyl sites for hydroxylation is 2. The van der Waals surface area contributed by atoms with Crippen molar-refractivity contribution in [2.24, 2.45) is 14.1 Å². The molecule has 0 amide bonds. The maximum atomic E-state index is 12.5. The van der Waals surface area contributed by atoms with Gasteiger partial charge in [0.2, 0.25) is 0 Å². The topological polar surface area (TPSA) is 68.3 Å². The molecular formula is C21H28N6O2. The molecule has 4 rings (SSSR count). The smallest absolute Gasteiger partial charge is 0.332 e. The Bertz CT molecular complexity index is 1100. The Labute approximate surface area is 169 Å². The molecule has 1 aliphatic rings. The van der Waals surface area contributed by atoms with Gasteiger partial charge < -0.3 is 14.4 Å². The first-order chi connectivity index (χ1) is 14.1. The second-order valence-corrected chi connectivity index (χ2v) is 7.69. The molecular weight excluding hydrogens is 368 g/mol. The van der Waals surface area contributed by atoms with Gasteiger partial charge in [0.05, 0.1) is 6.33 Å². The molecule has 0 saturated carbocycles. The highest BCUT2D eigenvalue weighted by Crippen LogP contribution is 2.16. The zero-order chi connectivity index (χ0) is 20.4. The molecule has 0 unspecified atom stereocenters. The van der Waals surface area contributed by atoms with Crippen molar-refractivity contribution in [3.8, 4) is 0 Å². The number of aromatic nitrogens is 4. The van der Waals surface area contributed by atoms with Crippen LogP contribution in [0.5, 0.6) is 0 Å². The van der Waals surface area contributed by atoms with E-state index in [9.17, 15) is 9.59 Å². The van der Waals surface area contributed by atoms with Crippen molar-refractivity contribution < 1.29 is 0 Å². The van der Waals surface area contributed by atoms with Crippen LogP contribution in [0.25, 0.3) is 11.2 Å². The largest absolute Gasteiger partial charge is 0.370 e. The third kappa shape index (κ3) is 3.85. The van der Waals surface area contributed by atoms with Crippen LogP contribution in [0, 0.1) is 0 Å². The number of nitrogens with zero attached hydrogens (tertiary/aromatic N) is 6. The summed E-state index contributed by atoms with van der Waals surface area (Å²) < 4.78 is 4.46. The van der Waals surface area contributed by atoms with E-state index in [0.717, 1.165) is 50.1 Å². The molecule has 3 heterocycles. The van der Waals surface area contributed by atoms with Gasteiger partial charge in [-0.25, -0.2) is 9.78 Å². The van der Waals surface area contributed by atoms with E-state index in [1.165, 1.54) is 17.3 Å². The molecule has 8 nitrogen and oxygen atoms in total. The molecule has 8 heteroatoms. The average molecular weight is 396 g/mol. The van der Waals surface area contributed by atoms with Gasteiger partial charge in [0.1, 0.15) is 0 Å². The average Bonchev–Trinajstić information content (AvgIpc) is 3.02. The number of hydrogen-bond donors (Lipinski definition) is 0. The number of para-hydroxylation sites is 1. The van der Waals surface area contributed by atoms with Gasteiger partial charge in [-0.1, -0.05) is 18.2 Å². The lowest BCUT2D eigenvalue weighted by atomic mass is 10.3. The predicted octanol–water partition coefficient (Wildman–Crippen LogP) is 1.04. The molecule has 0 spiro atoms. The van der Waals surface area contributed by atoms with Crippen molar-refractivity contribution in [2.45, 2.75) is 19.4 Å². The van der Waals surface area contributed by atoms with Crippen molar-refractivity contribution in [2.75, 3.05) is 37.6 Å². The van der Waals surface area contributed by atoms with Crippen molar-refractivity contribution in [3.05, 3.63) is 57.5 Å². The van der Waals surface area contributed by atoms with E-state index in [-0.39, 0.29) is 11.2 Å². The van der Waals surface area contributed by atoms with Crippen LogP contribution in [0.3, 0.4) is 0 Å². The fourth-order valence-corrected chi connectivity index (χ4v) is 4.12. The summed E-state index contributed by atoms with van der Waals surface area (Å²) in [5.74, 6) is 0. The molecule has 1 aromatic carbocycles. The van der Waals surface area contributed by atoms with Gasteiger partial charge in [-0.3, -0.25) is 13.9 Å². The van der Waals surface area contributed by atoms with Crippen LogP contribution in [0.15, 0.2) is 46.2 Å². The first-order valence-corrected chi connectivity index (χ1v) is 10.2. The van der Waals surface area contributed by atoms with Crippen molar-refractivity contribution in [3.63, 3.8) is 0 Å². The predicted molar refractivity (Wildman–Crippen MR) is 115 cm³/mol. The van der Waals surface area contributed by atoms with Gasteiger partial charge in [-0.05, 0) is 38.1 Å². The fourth-order valence-electron chi connectivity index (χ4n) is 4.12. The summed E-state index contributed by atoms with van der Waals surface area (Å²) in [6.45, 7) is 5.93. The molecule has 1 aliphatic heterocycles. The highest BCUT2D eigenvalue weighted by molar-refractivity contribution is 5.69. The summed E-state index contributed by atoms with van der Waals surface area (Å²) in [7, 11) is 3.16.